The molecule has 0 radical (unpaired) electrons. The van der Waals surface area contributed by atoms with Crippen molar-refractivity contribution in [1.29, 1.82) is 0 Å². The molecule has 0 unspecified atom stereocenters. The van der Waals surface area contributed by atoms with Crippen LogP contribution in [0.4, 0.5) is 16.5 Å². The van der Waals surface area contributed by atoms with Gasteiger partial charge in [-0.3, -0.25) is 14.2 Å². The number of nitrogens with two attached hydrogens (primary N) is 2. The molecule has 1 aliphatic heterocycles. The summed E-state index contributed by atoms with van der Waals surface area (Å²) in [6.07, 6.45) is 6.31. The molecule has 10 nitrogen and oxygen atoms in total. The Labute approximate surface area is 178 Å². The van der Waals surface area contributed by atoms with Gasteiger partial charge in [-0.15, -0.1) is 0 Å². The van der Waals surface area contributed by atoms with Gasteiger partial charge in [0.1, 0.15) is 15.7 Å². The highest BCUT2D eigenvalue weighted by atomic mass is 32.1. The van der Waals surface area contributed by atoms with E-state index in [1.807, 2.05) is 21.0 Å². The molecule has 1 aliphatic rings. The van der Waals surface area contributed by atoms with Crippen LogP contribution in [0.5, 0.6) is 0 Å². The minimum atomic E-state index is -0.350. The number of aromatic nitrogens is 5. The summed E-state index contributed by atoms with van der Waals surface area (Å²) in [6.45, 7) is 3.65. The summed E-state index contributed by atoms with van der Waals surface area (Å²) in [7, 11) is 3.74. The summed E-state index contributed by atoms with van der Waals surface area (Å²) in [6, 6.07) is 0.213. The van der Waals surface area contributed by atoms with Crippen LogP contribution in [0.15, 0.2) is 12.4 Å². The first-order valence-electron chi connectivity index (χ1n) is 9.94. The molecule has 1 fully saturated rings. The van der Waals surface area contributed by atoms with E-state index >= 15 is 0 Å². The lowest BCUT2D eigenvalue weighted by Crippen LogP contribution is -2.29. The van der Waals surface area contributed by atoms with Gasteiger partial charge in [0.25, 0.3) is 5.91 Å². The number of carbonyl (C=O) groups is 1. The van der Waals surface area contributed by atoms with Crippen molar-refractivity contribution >= 4 is 33.8 Å². The minimum absolute atomic E-state index is 0.213. The Kier molecular flexibility index (Phi) is 5.48. The number of nitrogens with zero attached hydrogens (tertiary/aromatic N) is 6. The van der Waals surface area contributed by atoms with Crippen LogP contribution < -0.4 is 21.7 Å². The van der Waals surface area contributed by atoms with Gasteiger partial charge < -0.3 is 21.7 Å². The molecule has 4 heterocycles. The highest BCUT2D eigenvalue weighted by Crippen LogP contribution is 2.33. The predicted molar refractivity (Wildman–Crippen MR) is 119 cm³/mol. The summed E-state index contributed by atoms with van der Waals surface area (Å²) in [5.41, 5.74) is 14.9. The Morgan fingerprint density at radius 2 is 1.97 bits per heavy atom. The zero-order valence-corrected chi connectivity index (χ0v) is 18.2. The molecule has 4 rings (SSSR count). The molecule has 160 valence electrons. The second-order valence-corrected chi connectivity index (χ2v) is 8.67. The van der Waals surface area contributed by atoms with Crippen LogP contribution in [0.3, 0.4) is 0 Å². The van der Waals surface area contributed by atoms with Gasteiger partial charge in [-0.05, 0) is 26.2 Å². The van der Waals surface area contributed by atoms with Gasteiger partial charge in [-0.2, -0.15) is 10.2 Å². The number of carbonyl (C=O) groups excluding carboxylic acids is 1. The maximum Gasteiger partial charge on any atom is 0.277 e. The van der Waals surface area contributed by atoms with Crippen molar-refractivity contribution in [3.63, 3.8) is 0 Å². The van der Waals surface area contributed by atoms with Crippen LogP contribution in [0.25, 0.3) is 10.6 Å². The van der Waals surface area contributed by atoms with E-state index in [-0.39, 0.29) is 17.6 Å². The molecule has 0 saturated carbocycles. The molecule has 5 N–H and O–H groups in total. The van der Waals surface area contributed by atoms with E-state index in [2.05, 4.69) is 25.4 Å². The number of rotatable bonds is 4. The fourth-order valence-electron chi connectivity index (χ4n) is 3.73. The Balaban J connectivity index is 1.57. The fourth-order valence-corrected chi connectivity index (χ4v) is 4.62. The molecule has 1 saturated heterocycles. The number of hydrogen-bond acceptors (Lipinski definition) is 8. The van der Waals surface area contributed by atoms with E-state index < -0.39 is 0 Å². The first kappa shape index (κ1) is 20.4. The summed E-state index contributed by atoms with van der Waals surface area (Å²) < 4.78 is 3.54. The van der Waals surface area contributed by atoms with Crippen LogP contribution in [-0.4, -0.2) is 49.6 Å². The lowest BCUT2D eigenvalue weighted by atomic mass is 10.1. The summed E-state index contributed by atoms with van der Waals surface area (Å²) in [5.74, 6) is 0.520. The number of hydrogen-bond donors (Lipinski definition) is 3. The van der Waals surface area contributed by atoms with Gasteiger partial charge in [-0.1, -0.05) is 11.3 Å². The zero-order chi connectivity index (χ0) is 21.4. The third-order valence-corrected chi connectivity index (χ3v) is 6.48. The number of nitrogen functional groups attached to an aromatic ring is 1. The summed E-state index contributed by atoms with van der Waals surface area (Å²) >= 11 is 1.28. The molecule has 3 aromatic heterocycles. The van der Waals surface area contributed by atoms with E-state index in [0.29, 0.717) is 15.7 Å². The van der Waals surface area contributed by atoms with Gasteiger partial charge >= 0.3 is 0 Å². The van der Waals surface area contributed by atoms with E-state index in [1.165, 1.54) is 11.3 Å². The van der Waals surface area contributed by atoms with Gasteiger partial charge in [0.15, 0.2) is 11.5 Å². The third-order valence-electron chi connectivity index (χ3n) is 5.56. The lowest BCUT2D eigenvalue weighted by Gasteiger charge is -2.24. The van der Waals surface area contributed by atoms with Crippen molar-refractivity contribution in [3.05, 3.63) is 23.8 Å². The molecular weight excluding hydrogens is 402 g/mol. The van der Waals surface area contributed by atoms with E-state index in [4.69, 9.17) is 11.5 Å². The molecule has 3 aromatic rings. The van der Waals surface area contributed by atoms with Gasteiger partial charge in [0.2, 0.25) is 0 Å². The molecule has 0 aromatic carbocycles. The number of anilines is 3. The van der Waals surface area contributed by atoms with Gasteiger partial charge in [0, 0.05) is 38.9 Å². The lowest BCUT2D eigenvalue weighted by molar-refractivity contribution is 0.102. The minimum Gasteiger partial charge on any atom is -0.389 e. The largest absolute Gasteiger partial charge is 0.389 e. The SMILES string of the molecule is Cc1c(-c2nc(C(=O)Nc3cnn(C)c3N3CCC[C@H](N)CC3)c(N)s2)cnn1C. The van der Waals surface area contributed by atoms with Crippen LogP contribution >= 0.6 is 11.3 Å². The van der Waals surface area contributed by atoms with Crippen molar-refractivity contribution in [2.75, 3.05) is 29.0 Å². The van der Waals surface area contributed by atoms with E-state index in [1.54, 1.807) is 21.8 Å². The van der Waals surface area contributed by atoms with Crippen LogP contribution in [0, 0.1) is 6.92 Å². The molecular formula is C19H27N9OS. The molecule has 0 aliphatic carbocycles. The van der Waals surface area contributed by atoms with Crippen molar-refractivity contribution in [1.82, 2.24) is 24.5 Å². The summed E-state index contributed by atoms with van der Waals surface area (Å²) in [5, 5.41) is 12.6. The van der Waals surface area contributed by atoms with Crippen molar-refractivity contribution in [2.24, 2.45) is 19.8 Å². The van der Waals surface area contributed by atoms with E-state index in [0.717, 1.165) is 49.4 Å². The Morgan fingerprint density at radius 3 is 2.70 bits per heavy atom. The standard InChI is InChI=1S/C19H27N9OS/c1-11-13(9-22-26(11)2)18-25-15(16(21)30-18)17(29)24-14-10-23-27(3)19(14)28-7-4-5-12(20)6-8-28/h9-10,12H,4-8,20-21H2,1-3H3,(H,24,29)/t12-/m0/s1. The topological polar surface area (TPSA) is 133 Å². The maximum atomic E-state index is 13.0. The maximum absolute atomic E-state index is 13.0. The predicted octanol–water partition coefficient (Wildman–Crippen LogP) is 1.74. The Hall–Kier alpha value is -2.92. The van der Waals surface area contributed by atoms with Crippen molar-refractivity contribution in [3.8, 4) is 10.6 Å². The van der Waals surface area contributed by atoms with Gasteiger partial charge in [0.05, 0.1) is 18.0 Å². The fraction of sp³-hybridized carbons (Fsp3) is 0.474. The number of thiazole rings is 1. The number of amides is 1. The monoisotopic (exact) mass is 429 g/mol. The average molecular weight is 430 g/mol. The van der Waals surface area contributed by atoms with Crippen LogP contribution in [-0.2, 0) is 14.1 Å². The second-order valence-electron chi connectivity index (χ2n) is 7.64. The summed E-state index contributed by atoms with van der Waals surface area (Å²) in [4.78, 5) is 19.7. The number of aryl methyl sites for hydroxylation is 2. The third kappa shape index (κ3) is 3.77. The van der Waals surface area contributed by atoms with Crippen LogP contribution in [0.1, 0.15) is 35.4 Å². The van der Waals surface area contributed by atoms with Crippen LogP contribution in [0.2, 0.25) is 0 Å². The average Bonchev–Trinajstić information content (AvgIpc) is 3.31. The first-order chi connectivity index (χ1) is 14.3. The molecule has 30 heavy (non-hydrogen) atoms. The Bertz CT molecular complexity index is 1070. The molecule has 11 heteroatoms. The second kappa shape index (κ2) is 8.07. The van der Waals surface area contributed by atoms with Crippen molar-refractivity contribution in [2.45, 2.75) is 32.2 Å². The normalized spacial score (nSPS) is 17.2. The molecule has 0 spiro atoms. The quantitative estimate of drug-likeness (QED) is 0.575. The number of nitrogens with one attached hydrogen (secondary N) is 1. The zero-order valence-electron chi connectivity index (χ0n) is 17.4. The van der Waals surface area contributed by atoms with Crippen molar-refractivity contribution < 1.29 is 4.79 Å². The first-order valence-corrected chi connectivity index (χ1v) is 10.8. The molecule has 1 atom stereocenters. The molecule has 1 amide bonds. The van der Waals surface area contributed by atoms with Gasteiger partial charge in [-0.25, -0.2) is 4.98 Å². The smallest absolute Gasteiger partial charge is 0.277 e. The Morgan fingerprint density at radius 1 is 1.20 bits per heavy atom. The highest BCUT2D eigenvalue weighted by Gasteiger charge is 2.24. The highest BCUT2D eigenvalue weighted by molar-refractivity contribution is 7.19. The van der Waals surface area contributed by atoms with E-state index in [9.17, 15) is 4.79 Å². The molecule has 0 bridgehead atoms.